The van der Waals surface area contributed by atoms with E-state index in [0.29, 0.717) is 5.56 Å². The number of rotatable bonds is 5. The first-order valence-electron chi connectivity index (χ1n) is 8.02. The molecular formula is C18H21N3O4S. The van der Waals surface area contributed by atoms with Crippen LogP contribution in [0.25, 0.3) is 0 Å². The molecule has 2 rings (SSSR count). The van der Waals surface area contributed by atoms with Crippen molar-refractivity contribution in [1.82, 2.24) is 15.6 Å². The molecule has 0 radical (unpaired) electrons. The number of hydrogen-bond acceptors (Lipinski definition) is 4. The standard InChI is InChI=1S/C18H21N3O4S/c1-4-19-26(24,25)15-8-6-14(7-9-15)17(22)20-21-18(23)16-10-5-12(2)11-13(16)3/h5-11,19H,4H2,1-3H3,(H,20,22)(H,21,23). The topological polar surface area (TPSA) is 104 Å². The molecule has 7 nitrogen and oxygen atoms in total. The van der Waals surface area contributed by atoms with Gasteiger partial charge in [0.25, 0.3) is 11.8 Å². The Morgan fingerprint density at radius 1 is 0.923 bits per heavy atom. The summed E-state index contributed by atoms with van der Waals surface area (Å²) in [6, 6.07) is 10.8. The first kappa shape index (κ1) is 19.6. The molecule has 0 aromatic heterocycles. The second-order valence-corrected chi connectivity index (χ2v) is 7.52. The van der Waals surface area contributed by atoms with E-state index >= 15 is 0 Å². The van der Waals surface area contributed by atoms with E-state index in [2.05, 4.69) is 15.6 Å². The lowest BCUT2D eigenvalue weighted by Crippen LogP contribution is -2.41. The molecule has 0 heterocycles. The summed E-state index contributed by atoms with van der Waals surface area (Å²) in [5.74, 6) is -0.974. The van der Waals surface area contributed by atoms with Gasteiger partial charge in [-0.3, -0.25) is 20.4 Å². The van der Waals surface area contributed by atoms with E-state index in [0.717, 1.165) is 11.1 Å². The monoisotopic (exact) mass is 375 g/mol. The van der Waals surface area contributed by atoms with E-state index in [1.54, 1.807) is 13.0 Å². The third kappa shape index (κ3) is 4.68. The quantitative estimate of drug-likeness (QED) is 0.692. The number of amides is 2. The van der Waals surface area contributed by atoms with Crippen molar-refractivity contribution < 1.29 is 18.0 Å². The van der Waals surface area contributed by atoms with Crippen LogP contribution >= 0.6 is 0 Å². The molecule has 0 saturated carbocycles. The van der Waals surface area contributed by atoms with Gasteiger partial charge in [-0.25, -0.2) is 13.1 Å². The molecular weight excluding hydrogens is 354 g/mol. The van der Waals surface area contributed by atoms with Gasteiger partial charge in [-0.2, -0.15) is 0 Å². The minimum Gasteiger partial charge on any atom is -0.267 e. The maximum absolute atomic E-state index is 12.2. The van der Waals surface area contributed by atoms with Crippen LogP contribution in [-0.4, -0.2) is 26.8 Å². The minimum absolute atomic E-state index is 0.0650. The Labute approximate surface area is 152 Å². The summed E-state index contributed by atoms with van der Waals surface area (Å²) in [4.78, 5) is 24.3. The van der Waals surface area contributed by atoms with Crippen LogP contribution in [0.3, 0.4) is 0 Å². The lowest BCUT2D eigenvalue weighted by Gasteiger charge is -2.10. The molecule has 0 aliphatic carbocycles. The fourth-order valence-corrected chi connectivity index (χ4v) is 3.42. The molecule has 26 heavy (non-hydrogen) atoms. The zero-order valence-electron chi connectivity index (χ0n) is 14.8. The lowest BCUT2D eigenvalue weighted by atomic mass is 10.1. The van der Waals surface area contributed by atoms with E-state index in [1.165, 1.54) is 24.3 Å². The normalized spacial score (nSPS) is 11.0. The van der Waals surface area contributed by atoms with Crippen LogP contribution in [-0.2, 0) is 10.0 Å². The number of hydrazine groups is 1. The highest BCUT2D eigenvalue weighted by molar-refractivity contribution is 7.89. The van der Waals surface area contributed by atoms with Gasteiger partial charge in [0.1, 0.15) is 0 Å². The summed E-state index contributed by atoms with van der Waals surface area (Å²) >= 11 is 0. The first-order valence-corrected chi connectivity index (χ1v) is 9.50. The first-order chi connectivity index (χ1) is 12.2. The highest BCUT2D eigenvalue weighted by Crippen LogP contribution is 2.11. The number of nitrogens with one attached hydrogen (secondary N) is 3. The van der Waals surface area contributed by atoms with Crippen molar-refractivity contribution in [2.45, 2.75) is 25.7 Å². The molecule has 8 heteroatoms. The van der Waals surface area contributed by atoms with Crippen LogP contribution in [0.15, 0.2) is 47.4 Å². The zero-order chi connectivity index (χ0) is 19.3. The number of hydrogen-bond donors (Lipinski definition) is 3. The Kier molecular flexibility index (Phi) is 6.12. The number of carbonyl (C=O) groups is 2. The van der Waals surface area contributed by atoms with Crippen LogP contribution < -0.4 is 15.6 Å². The Morgan fingerprint density at radius 2 is 1.54 bits per heavy atom. The molecule has 0 unspecified atom stereocenters. The van der Waals surface area contributed by atoms with Crippen LogP contribution in [0.2, 0.25) is 0 Å². The van der Waals surface area contributed by atoms with E-state index in [1.807, 2.05) is 26.0 Å². The van der Waals surface area contributed by atoms with Crippen LogP contribution in [0.1, 0.15) is 38.8 Å². The molecule has 0 fully saturated rings. The average molecular weight is 375 g/mol. The zero-order valence-corrected chi connectivity index (χ0v) is 15.6. The lowest BCUT2D eigenvalue weighted by molar-refractivity contribution is 0.0846. The van der Waals surface area contributed by atoms with Gasteiger partial charge < -0.3 is 0 Å². The van der Waals surface area contributed by atoms with Gasteiger partial charge in [0.05, 0.1) is 4.90 Å². The van der Waals surface area contributed by atoms with Gasteiger partial charge in [0.15, 0.2) is 0 Å². The molecule has 3 N–H and O–H groups in total. The smallest absolute Gasteiger partial charge is 0.267 e. The Balaban J connectivity index is 2.03. The minimum atomic E-state index is -3.57. The molecule has 2 aromatic rings. The summed E-state index contributed by atoms with van der Waals surface area (Å²) in [5, 5.41) is 0. The second kappa shape index (κ2) is 8.11. The highest BCUT2D eigenvalue weighted by Gasteiger charge is 2.14. The van der Waals surface area contributed by atoms with E-state index < -0.39 is 21.8 Å². The Morgan fingerprint density at radius 3 is 2.12 bits per heavy atom. The summed E-state index contributed by atoms with van der Waals surface area (Å²) in [5.41, 5.74) is 7.20. The van der Waals surface area contributed by atoms with Crippen LogP contribution in [0.5, 0.6) is 0 Å². The number of aryl methyl sites for hydroxylation is 2. The van der Waals surface area contributed by atoms with Crippen LogP contribution in [0, 0.1) is 13.8 Å². The SMILES string of the molecule is CCNS(=O)(=O)c1ccc(C(=O)NNC(=O)c2ccc(C)cc2C)cc1. The summed E-state index contributed by atoms with van der Waals surface area (Å²) in [6.07, 6.45) is 0. The Bertz CT molecular complexity index is 922. The van der Waals surface area contributed by atoms with Gasteiger partial charge in [-0.1, -0.05) is 24.6 Å². The number of sulfonamides is 1. The largest absolute Gasteiger partial charge is 0.269 e. The number of benzene rings is 2. The van der Waals surface area contributed by atoms with Crippen molar-refractivity contribution in [1.29, 1.82) is 0 Å². The molecule has 2 aromatic carbocycles. The van der Waals surface area contributed by atoms with Crippen molar-refractivity contribution in [3.8, 4) is 0 Å². The van der Waals surface area contributed by atoms with Crippen molar-refractivity contribution in [3.05, 3.63) is 64.7 Å². The van der Waals surface area contributed by atoms with Crippen molar-refractivity contribution >= 4 is 21.8 Å². The fraction of sp³-hybridized carbons (Fsp3) is 0.222. The van der Waals surface area contributed by atoms with Gasteiger partial charge in [-0.05, 0) is 49.7 Å². The molecule has 0 aliphatic rings. The van der Waals surface area contributed by atoms with Crippen molar-refractivity contribution in [2.24, 2.45) is 0 Å². The molecule has 2 amide bonds. The molecule has 0 atom stereocenters. The third-order valence-electron chi connectivity index (χ3n) is 3.68. The van der Waals surface area contributed by atoms with Crippen molar-refractivity contribution in [2.75, 3.05) is 6.54 Å². The predicted octanol–water partition coefficient (Wildman–Crippen LogP) is 1.68. The average Bonchev–Trinajstić information content (AvgIpc) is 2.59. The summed E-state index contributed by atoms with van der Waals surface area (Å²) in [6.45, 7) is 5.69. The molecule has 138 valence electrons. The second-order valence-electron chi connectivity index (χ2n) is 5.75. The van der Waals surface area contributed by atoms with Gasteiger partial charge in [0, 0.05) is 17.7 Å². The molecule has 0 saturated heterocycles. The van der Waals surface area contributed by atoms with Crippen LogP contribution in [0.4, 0.5) is 0 Å². The Hall–Kier alpha value is -2.71. The third-order valence-corrected chi connectivity index (χ3v) is 5.24. The van der Waals surface area contributed by atoms with E-state index in [9.17, 15) is 18.0 Å². The fourth-order valence-electron chi connectivity index (χ4n) is 2.38. The predicted molar refractivity (Wildman–Crippen MR) is 98.2 cm³/mol. The van der Waals surface area contributed by atoms with Gasteiger partial charge in [-0.15, -0.1) is 0 Å². The van der Waals surface area contributed by atoms with E-state index in [-0.39, 0.29) is 17.0 Å². The van der Waals surface area contributed by atoms with Gasteiger partial charge >= 0.3 is 0 Å². The van der Waals surface area contributed by atoms with E-state index in [4.69, 9.17) is 0 Å². The molecule has 0 spiro atoms. The molecule has 0 bridgehead atoms. The van der Waals surface area contributed by atoms with Gasteiger partial charge in [0.2, 0.25) is 10.0 Å². The highest BCUT2D eigenvalue weighted by atomic mass is 32.2. The maximum atomic E-state index is 12.2. The molecule has 0 aliphatic heterocycles. The summed E-state index contributed by atoms with van der Waals surface area (Å²) < 4.78 is 26.1. The van der Waals surface area contributed by atoms with Crippen molar-refractivity contribution in [3.63, 3.8) is 0 Å². The maximum Gasteiger partial charge on any atom is 0.269 e. The summed E-state index contributed by atoms with van der Waals surface area (Å²) in [7, 11) is -3.57. The number of carbonyl (C=O) groups excluding carboxylic acids is 2.